The number of benzene rings is 1. The van der Waals surface area contributed by atoms with Gasteiger partial charge in [-0.3, -0.25) is 9.59 Å². The number of carbonyl (C=O) groups is 4. The molecule has 0 spiro atoms. The summed E-state index contributed by atoms with van der Waals surface area (Å²) >= 11 is 0. The average molecular weight is 760 g/mol. The Hall–Kier alpha value is -5.08. The lowest BCUT2D eigenvalue weighted by molar-refractivity contribution is -0.137. The molecule has 2 aromatic heterocycles. The van der Waals surface area contributed by atoms with Crippen LogP contribution < -0.4 is 15.5 Å². The molecule has 1 aromatic carbocycles. The Bertz CT molecular complexity index is 1830. The highest BCUT2D eigenvalue weighted by molar-refractivity contribution is 5.87. The summed E-state index contributed by atoms with van der Waals surface area (Å²) in [4.78, 5) is 73.5. The Morgan fingerprint density at radius 3 is 1.82 bits per heavy atom. The molecular weight excluding hydrogens is 702 g/mol. The molecule has 0 radical (unpaired) electrons. The first-order valence-corrected chi connectivity index (χ1v) is 19.5. The molecule has 55 heavy (non-hydrogen) atoms. The Kier molecular flexibility index (Phi) is 11.5. The van der Waals surface area contributed by atoms with Crippen molar-refractivity contribution in [1.82, 2.24) is 40.4 Å². The van der Waals surface area contributed by atoms with Gasteiger partial charge >= 0.3 is 12.2 Å². The third-order valence-electron chi connectivity index (χ3n) is 11.3. The third kappa shape index (κ3) is 8.75. The van der Waals surface area contributed by atoms with Gasteiger partial charge in [0.05, 0.1) is 30.6 Å². The summed E-state index contributed by atoms with van der Waals surface area (Å²) in [6.07, 6.45) is 7.17. The minimum absolute atomic E-state index is 0.145. The molecule has 3 aliphatic heterocycles. The molecule has 5 heterocycles. The van der Waals surface area contributed by atoms with Gasteiger partial charge in [-0.1, -0.05) is 53.7 Å². The van der Waals surface area contributed by atoms with Crippen LogP contribution in [0.3, 0.4) is 0 Å². The molecule has 4 atom stereocenters. The van der Waals surface area contributed by atoms with Gasteiger partial charge in [-0.25, -0.2) is 19.6 Å². The lowest BCUT2D eigenvalue weighted by atomic mass is 9.85. The highest BCUT2D eigenvalue weighted by Crippen LogP contribution is 2.37. The number of rotatable bonds is 9. The summed E-state index contributed by atoms with van der Waals surface area (Å²) in [5, 5.41) is 14.6. The van der Waals surface area contributed by atoms with E-state index in [2.05, 4.69) is 49.8 Å². The van der Waals surface area contributed by atoms with Crippen molar-refractivity contribution in [3.8, 4) is 11.3 Å². The number of nitrogens with zero attached hydrogens (tertiary/aromatic N) is 5. The van der Waals surface area contributed by atoms with Crippen molar-refractivity contribution in [2.75, 3.05) is 38.2 Å². The largest absolute Gasteiger partial charge is 0.465 e. The molecule has 1 unspecified atom stereocenters. The monoisotopic (exact) mass is 759 g/mol. The molecule has 0 bridgehead atoms. The summed E-state index contributed by atoms with van der Waals surface area (Å²) in [6, 6.07) is 6.43. The summed E-state index contributed by atoms with van der Waals surface area (Å²) in [7, 11) is 1.29. The van der Waals surface area contributed by atoms with E-state index in [0.717, 1.165) is 85.9 Å². The topological polar surface area (TPSA) is 189 Å². The molecule has 0 aliphatic carbocycles. The van der Waals surface area contributed by atoms with Crippen LogP contribution >= 0.6 is 0 Å². The number of piperidine rings is 1. The highest BCUT2D eigenvalue weighted by Gasteiger charge is 2.42. The van der Waals surface area contributed by atoms with Crippen LogP contribution in [0.1, 0.15) is 115 Å². The molecule has 5 N–H and O–H groups in total. The molecule has 3 aromatic rings. The first kappa shape index (κ1) is 39.6. The molecular formula is C40H57N9O6. The van der Waals surface area contributed by atoms with E-state index in [1.165, 1.54) is 7.11 Å². The number of nitrogens with one attached hydrogen (secondary N) is 4. The number of H-pyrrole nitrogens is 2. The molecule has 3 fully saturated rings. The number of carbonyl (C=O) groups excluding carboxylic acids is 3. The molecule has 15 nitrogen and oxygen atoms in total. The van der Waals surface area contributed by atoms with Crippen LogP contribution in [0.5, 0.6) is 0 Å². The van der Waals surface area contributed by atoms with Gasteiger partial charge < -0.3 is 45.1 Å². The predicted molar refractivity (Wildman–Crippen MR) is 207 cm³/mol. The summed E-state index contributed by atoms with van der Waals surface area (Å²) < 4.78 is 4.80. The van der Waals surface area contributed by atoms with Crippen molar-refractivity contribution in [2.24, 2.45) is 10.8 Å². The Morgan fingerprint density at radius 1 is 0.764 bits per heavy atom. The number of imidazole rings is 2. The number of methoxy groups -OCH3 is 1. The number of amides is 4. The normalized spacial score (nSPS) is 20.7. The molecule has 3 saturated heterocycles. The van der Waals surface area contributed by atoms with E-state index >= 15 is 0 Å². The van der Waals surface area contributed by atoms with Crippen LogP contribution in [0, 0.1) is 10.8 Å². The SMILES string of the molecule is COC(=O)N[C@H](C(=O)N1CCCC1c1nc(-c2ccc(N3CCC(c4c[nH]c([C@@H]5CCCN5C(=O)[C@@H](NC(=O)O)C(C)(C)C)n4)CC3)cc2)c[nH]1)C(C)(C)C. The zero-order valence-electron chi connectivity index (χ0n) is 33.1. The van der Waals surface area contributed by atoms with Crippen LogP contribution in [0.2, 0.25) is 0 Å². The van der Waals surface area contributed by atoms with Crippen LogP contribution in [0.15, 0.2) is 36.7 Å². The fourth-order valence-corrected chi connectivity index (χ4v) is 8.22. The second kappa shape index (κ2) is 16.0. The number of ether oxygens (including phenoxy) is 1. The molecule has 15 heteroatoms. The Morgan fingerprint density at radius 2 is 1.29 bits per heavy atom. The second-order valence-electron chi connectivity index (χ2n) is 17.3. The molecule has 4 amide bonds. The fourth-order valence-electron chi connectivity index (χ4n) is 8.22. The summed E-state index contributed by atoms with van der Waals surface area (Å²) in [6.45, 7) is 14.3. The van der Waals surface area contributed by atoms with Crippen LogP contribution in [-0.4, -0.2) is 104 Å². The molecule has 6 rings (SSSR count). The quantitative estimate of drug-likeness (QED) is 0.175. The van der Waals surface area contributed by atoms with Crippen LogP contribution in [-0.2, 0) is 14.3 Å². The van der Waals surface area contributed by atoms with Crippen molar-refractivity contribution < 1.29 is 29.0 Å². The van der Waals surface area contributed by atoms with Gasteiger partial charge in [-0.2, -0.15) is 0 Å². The van der Waals surface area contributed by atoms with E-state index in [4.69, 9.17) is 14.7 Å². The number of hydrogen-bond acceptors (Lipinski definition) is 8. The fraction of sp³-hybridized carbons (Fsp3) is 0.600. The number of likely N-dealkylation sites (tertiary alicyclic amines) is 2. The lowest BCUT2D eigenvalue weighted by Gasteiger charge is -2.35. The molecule has 298 valence electrons. The van der Waals surface area contributed by atoms with E-state index in [0.29, 0.717) is 19.0 Å². The van der Waals surface area contributed by atoms with E-state index in [9.17, 15) is 24.3 Å². The number of alkyl carbamates (subject to hydrolysis) is 1. The zero-order valence-corrected chi connectivity index (χ0v) is 33.1. The van der Waals surface area contributed by atoms with Crippen LogP contribution in [0.25, 0.3) is 11.3 Å². The van der Waals surface area contributed by atoms with Crippen molar-refractivity contribution in [2.45, 2.75) is 110 Å². The van der Waals surface area contributed by atoms with Gasteiger partial charge in [0, 0.05) is 55.7 Å². The Balaban J connectivity index is 1.05. The van der Waals surface area contributed by atoms with Gasteiger partial charge in [-0.15, -0.1) is 0 Å². The van der Waals surface area contributed by atoms with Gasteiger partial charge in [0.2, 0.25) is 11.8 Å². The van der Waals surface area contributed by atoms with Gasteiger partial charge in [0.15, 0.2) is 0 Å². The summed E-state index contributed by atoms with van der Waals surface area (Å²) in [5.74, 6) is 1.43. The molecule has 0 saturated carbocycles. The zero-order chi connectivity index (χ0) is 39.7. The number of anilines is 1. The van der Waals surface area contributed by atoms with Gasteiger partial charge in [0.25, 0.3) is 0 Å². The minimum Gasteiger partial charge on any atom is -0.465 e. The second-order valence-corrected chi connectivity index (χ2v) is 17.3. The van der Waals surface area contributed by atoms with E-state index < -0.39 is 35.1 Å². The maximum atomic E-state index is 13.7. The van der Waals surface area contributed by atoms with E-state index in [1.807, 2.05) is 58.8 Å². The predicted octanol–water partition coefficient (Wildman–Crippen LogP) is 5.96. The smallest absolute Gasteiger partial charge is 0.407 e. The number of aromatic nitrogens is 4. The third-order valence-corrected chi connectivity index (χ3v) is 11.3. The maximum absolute atomic E-state index is 13.7. The van der Waals surface area contributed by atoms with Crippen molar-refractivity contribution in [3.05, 3.63) is 54.0 Å². The summed E-state index contributed by atoms with van der Waals surface area (Å²) in [5.41, 5.74) is 2.86. The lowest BCUT2D eigenvalue weighted by Crippen LogP contribution is -2.54. The van der Waals surface area contributed by atoms with Gasteiger partial charge in [0.1, 0.15) is 23.7 Å². The van der Waals surface area contributed by atoms with Crippen molar-refractivity contribution in [1.29, 1.82) is 0 Å². The van der Waals surface area contributed by atoms with Crippen LogP contribution in [0.4, 0.5) is 15.3 Å². The van der Waals surface area contributed by atoms with E-state index in [-0.39, 0.29) is 23.9 Å². The van der Waals surface area contributed by atoms with Gasteiger partial charge in [-0.05, 0) is 61.5 Å². The van der Waals surface area contributed by atoms with Crippen molar-refractivity contribution in [3.63, 3.8) is 0 Å². The number of carboxylic acid groups (broad SMARTS) is 1. The molecule has 3 aliphatic rings. The number of hydrogen-bond donors (Lipinski definition) is 5. The van der Waals surface area contributed by atoms with Crippen molar-refractivity contribution >= 4 is 29.7 Å². The first-order valence-electron chi connectivity index (χ1n) is 19.5. The first-order chi connectivity index (χ1) is 26.0. The minimum atomic E-state index is -1.21. The van der Waals surface area contributed by atoms with E-state index in [1.54, 1.807) is 4.90 Å². The number of aromatic amines is 2. The standard InChI is InChI=1S/C40H57N9O6/c1-39(2,3)31(45-37(52)53)35(50)48-18-8-10-29(48)34-42-23-28(44-34)25-16-20-47(21-17-25)26-14-12-24(13-15-26)27-22-41-33(43-27)30-11-9-19-49(30)36(51)32(40(4,5)6)46-38(54)55-7/h12-15,22-23,25,29-32,45H,8-11,16-21H2,1-7H3,(H,41,43)(H,42,44)(H,46,54)(H,52,53)/t29-,30?,31+,32+/m0/s1. The Labute approximate surface area is 323 Å². The highest BCUT2D eigenvalue weighted by atomic mass is 16.5. The average Bonchev–Trinajstić information content (AvgIpc) is 3.98. The maximum Gasteiger partial charge on any atom is 0.407 e.